The van der Waals surface area contributed by atoms with E-state index in [1.807, 2.05) is 0 Å². The Morgan fingerprint density at radius 2 is 2.04 bits per heavy atom. The van der Waals surface area contributed by atoms with Crippen LogP contribution in [0.5, 0.6) is 0 Å². The van der Waals surface area contributed by atoms with Crippen LogP contribution in [0.4, 0.5) is 17.6 Å². The molecule has 6 heteroatoms. The zero-order valence-corrected chi connectivity index (χ0v) is 14.3. The standard InChI is InChI=1S/C18H28N6/c19-18-21-16(20-15-9-12-3-4-13(15)8-12)10-17(22-18)24-7-6-23-5-1-2-14(23)11-24/h10,12-15H,1-9,11H2,(H3,19,20,21,22)/t12-,13+,14?,15+/m0/s1. The molecule has 4 aliphatic rings. The molecule has 1 aromatic rings. The van der Waals surface area contributed by atoms with Crippen molar-refractivity contribution in [3.05, 3.63) is 6.07 Å². The Kier molecular flexibility index (Phi) is 3.54. The van der Waals surface area contributed by atoms with Crippen LogP contribution in [0.2, 0.25) is 0 Å². The Morgan fingerprint density at radius 1 is 1.08 bits per heavy atom. The minimum Gasteiger partial charge on any atom is -0.368 e. The van der Waals surface area contributed by atoms with Crippen LogP contribution < -0.4 is 16.0 Å². The molecule has 1 unspecified atom stereocenters. The zero-order chi connectivity index (χ0) is 16.1. The summed E-state index contributed by atoms with van der Waals surface area (Å²) < 4.78 is 0. The number of rotatable bonds is 3. The second kappa shape index (κ2) is 5.76. The van der Waals surface area contributed by atoms with Gasteiger partial charge in [-0.3, -0.25) is 4.90 Å². The van der Waals surface area contributed by atoms with Gasteiger partial charge in [0.05, 0.1) is 0 Å². The maximum Gasteiger partial charge on any atom is 0.223 e. The molecule has 130 valence electrons. The van der Waals surface area contributed by atoms with Gasteiger partial charge in [-0.2, -0.15) is 9.97 Å². The molecular formula is C18H28N6. The van der Waals surface area contributed by atoms with Crippen molar-refractivity contribution in [2.45, 2.75) is 50.6 Å². The summed E-state index contributed by atoms with van der Waals surface area (Å²) in [6, 6.07) is 3.39. The molecule has 3 N–H and O–H groups in total. The molecule has 24 heavy (non-hydrogen) atoms. The van der Waals surface area contributed by atoms with Crippen LogP contribution in [0.15, 0.2) is 6.07 Å². The van der Waals surface area contributed by atoms with Gasteiger partial charge < -0.3 is 16.0 Å². The lowest BCUT2D eigenvalue weighted by Gasteiger charge is -2.38. The van der Waals surface area contributed by atoms with Gasteiger partial charge in [-0.15, -0.1) is 0 Å². The molecule has 4 fully saturated rings. The number of hydrogen-bond donors (Lipinski definition) is 2. The van der Waals surface area contributed by atoms with Gasteiger partial charge >= 0.3 is 0 Å². The highest BCUT2D eigenvalue weighted by atomic mass is 15.3. The molecule has 2 saturated carbocycles. The van der Waals surface area contributed by atoms with Crippen molar-refractivity contribution < 1.29 is 0 Å². The minimum absolute atomic E-state index is 0.395. The summed E-state index contributed by atoms with van der Waals surface area (Å²) in [5.74, 6) is 4.08. The molecule has 2 bridgehead atoms. The summed E-state index contributed by atoms with van der Waals surface area (Å²) in [5.41, 5.74) is 6.02. The molecule has 0 aromatic carbocycles. The topological polar surface area (TPSA) is 70.3 Å². The number of hydrogen-bond acceptors (Lipinski definition) is 6. The highest BCUT2D eigenvalue weighted by Gasteiger charge is 2.39. The molecule has 5 rings (SSSR count). The highest BCUT2D eigenvalue weighted by Crippen LogP contribution is 2.45. The van der Waals surface area contributed by atoms with E-state index in [2.05, 4.69) is 31.2 Å². The first kappa shape index (κ1) is 14.8. The average Bonchev–Trinajstić information content (AvgIpc) is 3.30. The predicted octanol–water partition coefficient (Wildman–Crippen LogP) is 1.94. The Bertz CT molecular complexity index is 620. The van der Waals surface area contributed by atoms with E-state index in [1.54, 1.807) is 0 Å². The quantitative estimate of drug-likeness (QED) is 0.884. The second-order valence-corrected chi connectivity index (χ2v) is 8.17. The summed E-state index contributed by atoms with van der Waals surface area (Å²) in [7, 11) is 0. The number of nitrogen functional groups attached to an aromatic ring is 1. The van der Waals surface area contributed by atoms with E-state index in [0.717, 1.165) is 43.1 Å². The van der Waals surface area contributed by atoms with E-state index in [0.29, 0.717) is 18.0 Å². The first-order chi connectivity index (χ1) is 11.7. The van der Waals surface area contributed by atoms with Crippen molar-refractivity contribution >= 4 is 17.6 Å². The lowest BCUT2D eigenvalue weighted by atomic mass is 9.95. The third-order valence-electron chi connectivity index (χ3n) is 6.71. The largest absolute Gasteiger partial charge is 0.368 e. The summed E-state index contributed by atoms with van der Waals surface area (Å²) in [6.45, 7) is 4.52. The third-order valence-corrected chi connectivity index (χ3v) is 6.71. The van der Waals surface area contributed by atoms with Gasteiger partial charge in [-0.25, -0.2) is 0 Å². The fraction of sp³-hybridized carbons (Fsp3) is 0.778. The lowest BCUT2D eigenvalue weighted by molar-refractivity contribution is 0.230. The Morgan fingerprint density at radius 3 is 2.88 bits per heavy atom. The van der Waals surface area contributed by atoms with Gasteiger partial charge in [-0.05, 0) is 50.5 Å². The number of nitrogens with one attached hydrogen (secondary N) is 1. The average molecular weight is 328 g/mol. The monoisotopic (exact) mass is 328 g/mol. The molecule has 0 spiro atoms. The number of anilines is 3. The van der Waals surface area contributed by atoms with E-state index in [-0.39, 0.29) is 0 Å². The Hall–Kier alpha value is -1.56. The number of fused-ring (bicyclic) bond motifs is 3. The van der Waals surface area contributed by atoms with Crippen molar-refractivity contribution in [2.75, 3.05) is 42.1 Å². The van der Waals surface area contributed by atoms with E-state index in [1.165, 1.54) is 45.1 Å². The zero-order valence-electron chi connectivity index (χ0n) is 14.3. The van der Waals surface area contributed by atoms with Crippen LogP contribution in [-0.2, 0) is 0 Å². The third kappa shape index (κ3) is 2.61. The minimum atomic E-state index is 0.395. The van der Waals surface area contributed by atoms with Gasteiger partial charge in [-0.1, -0.05) is 6.42 Å². The van der Waals surface area contributed by atoms with Gasteiger partial charge in [0.15, 0.2) is 0 Å². The molecule has 2 aliphatic heterocycles. The molecule has 3 heterocycles. The van der Waals surface area contributed by atoms with Crippen LogP contribution in [0.25, 0.3) is 0 Å². The lowest BCUT2D eigenvalue weighted by Crippen LogP contribution is -2.50. The summed E-state index contributed by atoms with van der Waals surface area (Å²) in [5, 5.41) is 3.67. The van der Waals surface area contributed by atoms with Gasteiger partial charge in [0.1, 0.15) is 11.6 Å². The molecule has 0 amide bonds. The van der Waals surface area contributed by atoms with Gasteiger partial charge in [0, 0.05) is 37.8 Å². The fourth-order valence-corrected chi connectivity index (χ4v) is 5.50. The van der Waals surface area contributed by atoms with E-state index >= 15 is 0 Å². The first-order valence-corrected chi connectivity index (χ1v) is 9.65. The summed E-state index contributed by atoms with van der Waals surface area (Å²) in [6.07, 6.45) is 8.14. The maximum absolute atomic E-state index is 6.02. The fourth-order valence-electron chi connectivity index (χ4n) is 5.50. The van der Waals surface area contributed by atoms with Crippen molar-refractivity contribution in [3.8, 4) is 0 Å². The maximum atomic E-state index is 6.02. The van der Waals surface area contributed by atoms with Crippen molar-refractivity contribution in [1.82, 2.24) is 14.9 Å². The highest BCUT2D eigenvalue weighted by molar-refractivity contribution is 5.53. The normalized spacial score (nSPS) is 35.4. The molecule has 6 nitrogen and oxygen atoms in total. The van der Waals surface area contributed by atoms with Crippen LogP contribution in [0.3, 0.4) is 0 Å². The number of aromatic nitrogens is 2. The Balaban J connectivity index is 1.32. The van der Waals surface area contributed by atoms with Gasteiger partial charge in [0.25, 0.3) is 0 Å². The van der Waals surface area contributed by atoms with Crippen molar-refractivity contribution in [3.63, 3.8) is 0 Å². The number of piperazine rings is 1. The molecule has 2 saturated heterocycles. The van der Waals surface area contributed by atoms with Gasteiger partial charge in [0.2, 0.25) is 5.95 Å². The molecular weight excluding hydrogens is 300 g/mol. The van der Waals surface area contributed by atoms with Crippen molar-refractivity contribution in [2.24, 2.45) is 11.8 Å². The molecule has 4 atom stereocenters. The summed E-state index contributed by atoms with van der Waals surface area (Å²) in [4.78, 5) is 14.0. The number of nitrogens with zero attached hydrogens (tertiary/aromatic N) is 4. The Labute approximate surface area is 143 Å². The number of nitrogens with two attached hydrogens (primary N) is 1. The second-order valence-electron chi connectivity index (χ2n) is 8.17. The molecule has 2 aliphatic carbocycles. The van der Waals surface area contributed by atoms with E-state index in [4.69, 9.17) is 5.73 Å². The smallest absolute Gasteiger partial charge is 0.223 e. The molecule has 1 aromatic heterocycles. The van der Waals surface area contributed by atoms with Crippen LogP contribution in [0.1, 0.15) is 38.5 Å². The molecule has 0 radical (unpaired) electrons. The van der Waals surface area contributed by atoms with Crippen molar-refractivity contribution in [1.29, 1.82) is 0 Å². The van der Waals surface area contributed by atoms with E-state index in [9.17, 15) is 0 Å². The van der Waals surface area contributed by atoms with Crippen LogP contribution in [0, 0.1) is 11.8 Å². The first-order valence-electron chi connectivity index (χ1n) is 9.65. The summed E-state index contributed by atoms with van der Waals surface area (Å²) >= 11 is 0. The van der Waals surface area contributed by atoms with E-state index < -0.39 is 0 Å². The van der Waals surface area contributed by atoms with Crippen LogP contribution in [-0.4, -0.2) is 53.1 Å². The van der Waals surface area contributed by atoms with Crippen LogP contribution >= 0.6 is 0 Å². The predicted molar refractivity (Wildman–Crippen MR) is 96.1 cm³/mol. The SMILES string of the molecule is Nc1nc(N[C@@H]2C[C@H]3CC[C@@H]2C3)cc(N2CCN3CCCC3C2)n1.